The maximum atomic E-state index is 13.7. The number of halogens is 1. The molecule has 1 aromatic rings. The van der Waals surface area contributed by atoms with E-state index in [9.17, 15) is 14.0 Å². The van der Waals surface area contributed by atoms with Crippen LogP contribution in [0, 0.1) is 5.82 Å². The van der Waals surface area contributed by atoms with Crippen molar-refractivity contribution < 1.29 is 18.7 Å². The fourth-order valence-electron chi connectivity index (χ4n) is 2.32. The summed E-state index contributed by atoms with van der Waals surface area (Å²) in [7, 11) is 0. The van der Waals surface area contributed by atoms with E-state index in [1.54, 1.807) is 0 Å². The first-order valence-electron chi connectivity index (χ1n) is 6.79. The second-order valence-electron chi connectivity index (χ2n) is 5.04. The van der Waals surface area contributed by atoms with Gasteiger partial charge in [0.1, 0.15) is 0 Å². The van der Waals surface area contributed by atoms with E-state index in [1.165, 1.54) is 19.1 Å². The quantitative estimate of drug-likeness (QED) is 0.842. The molecule has 5 heteroatoms. The average molecular weight is 279 g/mol. The average Bonchev–Trinajstić information content (AvgIpc) is 2.90. The zero-order chi connectivity index (χ0) is 14.5. The number of nitrogens with one attached hydrogen (secondary N) is 1. The van der Waals surface area contributed by atoms with Gasteiger partial charge in [-0.25, -0.2) is 4.39 Å². The van der Waals surface area contributed by atoms with Gasteiger partial charge in [0, 0.05) is 11.6 Å². The Morgan fingerprint density at radius 3 is 2.65 bits per heavy atom. The third-order valence-corrected chi connectivity index (χ3v) is 3.42. The topological polar surface area (TPSA) is 55.4 Å². The Hall–Kier alpha value is -1.91. The lowest BCUT2D eigenvalue weighted by Crippen LogP contribution is -2.36. The van der Waals surface area contributed by atoms with Crippen molar-refractivity contribution in [3.8, 4) is 5.75 Å². The lowest BCUT2D eigenvalue weighted by Gasteiger charge is -2.12. The van der Waals surface area contributed by atoms with E-state index in [0.717, 1.165) is 31.7 Å². The van der Waals surface area contributed by atoms with Crippen LogP contribution in [0.5, 0.6) is 5.75 Å². The Morgan fingerprint density at radius 1 is 1.35 bits per heavy atom. The van der Waals surface area contributed by atoms with Gasteiger partial charge in [-0.05, 0) is 38.0 Å². The summed E-state index contributed by atoms with van der Waals surface area (Å²) in [5, 5.41) is 2.86. The van der Waals surface area contributed by atoms with Crippen molar-refractivity contribution in [2.45, 2.75) is 38.6 Å². The van der Waals surface area contributed by atoms with Crippen LogP contribution in [0.3, 0.4) is 0 Å². The van der Waals surface area contributed by atoms with Crippen molar-refractivity contribution in [1.82, 2.24) is 5.32 Å². The summed E-state index contributed by atoms with van der Waals surface area (Å²) in [5.41, 5.74) is 0.283. The third kappa shape index (κ3) is 3.79. The van der Waals surface area contributed by atoms with Crippen LogP contribution in [-0.2, 0) is 4.79 Å². The summed E-state index contributed by atoms with van der Waals surface area (Å²) >= 11 is 0. The molecule has 0 aromatic heterocycles. The van der Waals surface area contributed by atoms with Crippen LogP contribution < -0.4 is 10.1 Å². The molecule has 0 bridgehead atoms. The Morgan fingerprint density at radius 2 is 2.05 bits per heavy atom. The van der Waals surface area contributed by atoms with E-state index >= 15 is 0 Å². The summed E-state index contributed by atoms with van der Waals surface area (Å²) < 4.78 is 18.8. The maximum Gasteiger partial charge on any atom is 0.258 e. The highest BCUT2D eigenvalue weighted by atomic mass is 19.1. The number of amides is 1. The number of ether oxygens (including phenoxy) is 1. The predicted molar refractivity (Wildman–Crippen MR) is 72.3 cm³/mol. The third-order valence-electron chi connectivity index (χ3n) is 3.42. The van der Waals surface area contributed by atoms with Crippen molar-refractivity contribution in [1.29, 1.82) is 0 Å². The molecule has 0 unspecified atom stereocenters. The molecule has 0 radical (unpaired) electrons. The first kappa shape index (κ1) is 14.5. The molecule has 1 aliphatic rings. The number of carbonyl (C=O) groups excluding carboxylic acids is 2. The van der Waals surface area contributed by atoms with E-state index < -0.39 is 5.82 Å². The Labute approximate surface area is 117 Å². The highest BCUT2D eigenvalue weighted by molar-refractivity contribution is 5.94. The van der Waals surface area contributed by atoms with Crippen molar-refractivity contribution in [2.24, 2.45) is 0 Å². The van der Waals surface area contributed by atoms with Gasteiger partial charge in [-0.15, -0.1) is 0 Å². The summed E-state index contributed by atoms with van der Waals surface area (Å²) in [4.78, 5) is 22.7. The zero-order valence-electron chi connectivity index (χ0n) is 11.4. The van der Waals surface area contributed by atoms with E-state index in [4.69, 9.17) is 4.74 Å². The van der Waals surface area contributed by atoms with Crippen molar-refractivity contribution in [2.75, 3.05) is 6.61 Å². The van der Waals surface area contributed by atoms with Gasteiger partial charge in [-0.3, -0.25) is 9.59 Å². The molecule has 4 nitrogen and oxygen atoms in total. The zero-order valence-corrected chi connectivity index (χ0v) is 11.4. The molecule has 0 saturated heterocycles. The molecule has 0 heterocycles. The summed E-state index contributed by atoms with van der Waals surface area (Å²) in [6.45, 7) is 1.15. The van der Waals surface area contributed by atoms with Crippen LogP contribution in [-0.4, -0.2) is 24.3 Å². The number of hydrogen-bond acceptors (Lipinski definition) is 3. The molecule has 108 valence electrons. The van der Waals surface area contributed by atoms with Crippen LogP contribution in [0.25, 0.3) is 0 Å². The van der Waals surface area contributed by atoms with Crippen molar-refractivity contribution >= 4 is 11.7 Å². The minimum atomic E-state index is -0.633. The molecular weight excluding hydrogens is 261 g/mol. The minimum absolute atomic E-state index is 0.0171. The van der Waals surface area contributed by atoms with Crippen LogP contribution in [0.4, 0.5) is 4.39 Å². The highest BCUT2D eigenvalue weighted by Gasteiger charge is 2.17. The van der Waals surface area contributed by atoms with E-state index in [0.29, 0.717) is 0 Å². The van der Waals surface area contributed by atoms with E-state index in [1.807, 2.05) is 0 Å². The van der Waals surface area contributed by atoms with Gasteiger partial charge >= 0.3 is 0 Å². The summed E-state index contributed by atoms with van der Waals surface area (Å²) in [5.74, 6) is -1.11. The number of rotatable bonds is 5. The molecule has 1 fully saturated rings. The number of ketones is 1. The Balaban J connectivity index is 1.86. The molecule has 1 saturated carbocycles. The maximum absolute atomic E-state index is 13.7. The summed E-state index contributed by atoms with van der Waals surface area (Å²) in [6, 6.07) is 4.19. The molecule has 1 amide bonds. The number of carbonyl (C=O) groups is 2. The molecular formula is C15H18FNO3. The standard InChI is InChI=1S/C15H18FNO3/c1-10(18)11-6-7-14(13(16)8-11)20-9-15(19)17-12-4-2-3-5-12/h6-8,12H,2-5,9H2,1H3,(H,17,19). The Kier molecular flexibility index (Phi) is 4.71. The van der Waals surface area contributed by atoms with Gasteiger partial charge in [0.25, 0.3) is 5.91 Å². The van der Waals surface area contributed by atoms with Crippen LogP contribution in [0.15, 0.2) is 18.2 Å². The van der Waals surface area contributed by atoms with Crippen LogP contribution in [0.1, 0.15) is 43.0 Å². The first-order valence-corrected chi connectivity index (χ1v) is 6.79. The van der Waals surface area contributed by atoms with Gasteiger partial charge in [-0.2, -0.15) is 0 Å². The minimum Gasteiger partial charge on any atom is -0.481 e. The van der Waals surface area contributed by atoms with Gasteiger partial charge in [0.15, 0.2) is 24.0 Å². The SMILES string of the molecule is CC(=O)c1ccc(OCC(=O)NC2CCCC2)c(F)c1. The molecule has 0 atom stereocenters. The van der Waals surface area contributed by atoms with Gasteiger partial charge in [0.2, 0.25) is 0 Å². The second-order valence-corrected chi connectivity index (χ2v) is 5.04. The van der Waals surface area contributed by atoms with Crippen LogP contribution in [0.2, 0.25) is 0 Å². The Bertz CT molecular complexity index is 510. The molecule has 2 rings (SSSR count). The lowest BCUT2D eigenvalue weighted by atomic mass is 10.1. The van der Waals surface area contributed by atoms with Gasteiger partial charge < -0.3 is 10.1 Å². The highest BCUT2D eigenvalue weighted by Crippen LogP contribution is 2.19. The molecule has 20 heavy (non-hydrogen) atoms. The number of benzene rings is 1. The summed E-state index contributed by atoms with van der Waals surface area (Å²) in [6.07, 6.45) is 4.25. The predicted octanol–water partition coefficient (Wildman–Crippen LogP) is 2.47. The fourth-order valence-corrected chi connectivity index (χ4v) is 2.32. The first-order chi connectivity index (χ1) is 9.56. The molecule has 1 aliphatic carbocycles. The molecule has 1 aromatic carbocycles. The molecule has 1 N–H and O–H groups in total. The van der Waals surface area contributed by atoms with Crippen LogP contribution >= 0.6 is 0 Å². The van der Waals surface area contributed by atoms with Crippen molar-refractivity contribution in [3.05, 3.63) is 29.6 Å². The van der Waals surface area contributed by atoms with E-state index in [2.05, 4.69) is 5.32 Å². The van der Waals surface area contributed by atoms with Gasteiger partial charge in [0.05, 0.1) is 0 Å². The number of Topliss-reactive ketones (excluding diaryl/α,β-unsaturated/α-hetero) is 1. The second kappa shape index (κ2) is 6.50. The molecule has 0 aliphatic heterocycles. The van der Waals surface area contributed by atoms with Gasteiger partial charge in [-0.1, -0.05) is 12.8 Å². The van der Waals surface area contributed by atoms with E-state index in [-0.39, 0.29) is 35.7 Å². The smallest absolute Gasteiger partial charge is 0.258 e. The fraction of sp³-hybridized carbons (Fsp3) is 0.467. The molecule has 0 spiro atoms. The monoisotopic (exact) mass is 279 g/mol. The normalized spacial score (nSPS) is 15.1. The van der Waals surface area contributed by atoms with Crippen molar-refractivity contribution in [3.63, 3.8) is 0 Å². The number of hydrogen-bond donors (Lipinski definition) is 1. The largest absolute Gasteiger partial charge is 0.481 e. The lowest BCUT2D eigenvalue weighted by molar-refractivity contribution is -0.123.